The molecule has 236 valence electrons. The summed E-state index contributed by atoms with van der Waals surface area (Å²) >= 11 is 6.10. The zero-order valence-electron chi connectivity index (χ0n) is 24.7. The number of amides is 1. The van der Waals surface area contributed by atoms with Crippen molar-refractivity contribution >= 4 is 29.5 Å². The maximum atomic E-state index is 14.1. The molecule has 1 aliphatic rings. The smallest absolute Gasteiger partial charge is 0.293 e. The first-order chi connectivity index (χ1) is 22.4. The summed E-state index contributed by atoms with van der Waals surface area (Å²) in [6.07, 6.45) is 4.54. The maximum absolute atomic E-state index is 14.1. The Bertz CT molecular complexity index is 1800. The number of rotatable bonds is 11. The second-order valence-electron chi connectivity index (χ2n) is 10.9. The van der Waals surface area contributed by atoms with E-state index < -0.39 is 11.7 Å². The first kappa shape index (κ1) is 30.9. The Kier molecular flexibility index (Phi) is 9.60. The number of ether oxygens (including phenoxy) is 1. The van der Waals surface area contributed by atoms with Crippen LogP contribution < -0.4 is 15.9 Å². The molecule has 0 atom stereocenters. The van der Waals surface area contributed by atoms with E-state index >= 15 is 0 Å². The summed E-state index contributed by atoms with van der Waals surface area (Å²) in [7, 11) is 0. The number of nitrogens with one attached hydrogen (secondary N) is 1. The van der Waals surface area contributed by atoms with Gasteiger partial charge in [-0.3, -0.25) is 9.69 Å². The Morgan fingerprint density at radius 1 is 1.11 bits per heavy atom. The van der Waals surface area contributed by atoms with Crippen LogP contribution in [0.5, 0.6) is 5.75 Å². The molecule has 3 N–H and O–H groups in total. The standard InChI is InChI=1S/C32H31ClFN9O3/c33-26-10-5-11-27(34)25(26)20-45-24-9-4-8-23(17-24)18-36-38-32(44)29-28(43(41-37-29)31-30(35)39-46-40-31)19-42-14-12-22(13-15-42)16-21-6-2-1-3-7-21/h1-11,17-18,22H,12-16,19-20H2,(H2,35,39)(H,38,44)/b36-18-. The van der Waals surface area contributed by atoms with Gasteiger partial charge in [0.25, 0.3) is 5.91 Å². The molecule has 0 saturated carbocycles. The van der Waals surface area contributed by atoms with E-state index in [2.05, 4.69) is 60.3 Å². The molecule has 1 amide bonds. The van der Waals surface area contributed by atoms with Gasteiger partial charge in [-0.25, -0.2) is 14.4 Å². The topological polar surface area (TPSA) is 150 Å². The predicted molar refractivity (Wildman–Crippen MR) is 169 cm³/mol. The third kappa shape index (κ3) is 7.38. The molecule has 0 spiro atoms. The quantitative estimate of drug-likeness (QED) is 0.152. The Labute approximate surface area is 268 Å². The molecular formula is C32H31ClFN9O3. The third-order valence-corrected chi connectivity index (χ3v) is 8.16. The predicted octanol–water partition coefficient (Wildman–Crippen LogP) is 4.82. The first-order valence-corrected chi connectivity index (χ1v) is 15.1. The number of benzene rings is 3. The first-order valence-electron chi connectivity index (χ1n) is 14.7. The third-order valence-electron chi connectivity index (χ3n) is 7.80. The van der Waals surface area contributed by atoms with Crippen molar-refractivity contribution in [2.24, 2.45) is 11.0 Å². The average Bonchev–Trinajstić information content (AvgIpc) is 3.68. The number of piperidine rings is 1. The van der Waals surface area contributed by atoms with Crippen LogP contribution in [0, 0.1) is 11.7 Å². The van der Waals surface area contributed by atoms with Gasteiger partial charge in [0.05, 0.1) is 16.9 Å². The molecule has 6 rings (SSSR count). The van der Waals surface area contributed by atoms with Gasteiger partial charge in [-0.05, 0) is 84.0 Å². The van der Waals surface area contributed by atoms with Crippen LogP contribution in [0.2, 0.25) is 5.02 Å². The number of carbonyl (C=O) groups excluding carboxylic acids is 1. The second-order valence-corrected chi connectivity index (χ2v) is 11.3. The number of nitrogen functional groups attached to an aromatic ring is 1. The minimum atomic E-state index is -0.562. The van der Waals surface area contributed by atoms with Crippen molar-refractivity contribution in [3.63, 3.8) is 0 Å². The monoisotopic (exact) mass is 643 g/mol. The Balaban J connectivity index is 1.11. The lowest BCUT2D eigenvalue weighted by molar-refractivity contribution is 0.0946. The number of hydrogen-bond donors (Lipinski definition) is 2. The van der Waals surface area contributed by atoms with Crippen LogP contribution >= 0.6 is 11.6 Å². The second kappa shape index (κ2) is 14.3. The number of aromatic nitrogens is 5. The van der Waals surface area contributed by atoms with Gasteiger partial charge in [-0.15, -0.1) is 5.10 Å². The van der Waals surface area contributed by atoms with Crippen LogP contribution in [0.3, 0.4) is 0 Å². The summed E-state index contributed by atoms with van der Waals surface area (Å²) in [5.74, 6) is 0.225. The molecule has 1 saturated heterocycles. The number of likely N-dealkylation sites (tertiary alicyclic amines) is 1. The summed E-state index contributed by atoms with van der Waals surface area (Å²) in [6.45, 7) is 2.03. The number of hydrazone groups is 1. The van der Waals surface area contributed by atoms with Crippen molar-refractivity contribution in [3.8, 4) is 11.6 Å². The van der Waals surface area contributed by atoms with Crippen molar-refractivity contribution in [3.05, 3.63) is 112 Å². The van der Waals surface area contributed by atoms with Crippen molar-refractivity contribution in [2.75, 3.05) is 18.8 Å². The van der Waals surface area contributed by atoms with Gasteiger partial charge in [0.1, 0.15) is 18.2 Å². The average molecular weight is 644 g/mol. The highest BCUT2D eigenvalue weighted by Gasteiger charge is 2.27. The molecule has 0 unspecified atom stereocenters. The SMILES string of the molecule is Nc1nonc1-n1nnc(C(=O)N/N=C\c2cccc(OCc3c(F)cccc3Cl)c2)c1CN1CCC(Cc2ccccc2)CC1. The van der Waals surface area contributed by atoms with Crippen LogP contribution in [0.25, 0.3) is 5.82 Å². The zero-order chi connectivity index (χ0) is 31.9. The molecule has 5 aromatic rings. The van der Waals surface area contributed by atoms with Crippen molar-refractivity contribution in [2.45, 2.75) is 32.4 Å². The van der Waals surface area contributed by atoms with Gasteiger partial charge in [0.15, 0.2) is 5.69 Å². The summed E-state index contributed by atoms with van der Waals surface area (Å²) in [5.41, 5.74) is 11.3. The molecule has 1 aliphatic heterocycles. The molecule has 46 heavy (non-hydrogen) atoms. The highest BCUT2D eigenvalue weighted by molar-refractivity contribution is 6.31. The van der Waals surface area contributed by atoms with Crippen LogP contribution in [-0.4, -0.2) is 55.4 Å². The Hall–Kier alpha value is -5.14. The molecule has 0 aliphatic carbocycles. The highest BCUT2D eigenvalue weighted by Crippen LogP contribution is 2.25. The summed E-state index contributed by atoms with van der Waals surface area (Å²) in [4.78, 5) is 15.5. The normalized spacial score (nSPS) is 14.1. The molecule has 2 aromatic heterocycles. The van der Waals surface area contributed by atoms with Crippen LogP contribution in [0.1, 0.15) is 45.7 Å². The molecule has 14 heteroatoms. The number of halogens is 2. The van der Waals surface area contributed by atoms with Crippen LogP contribution in [0.4, 0.5) is 10.2 Å². The number of nitrogens with two attached hydrogens (primary N) is 1. The van der Waals surface area contributed by atoms with E-state index in [0.717, 1.165) is 32.4 Å². The minimum absolute atomic E-state index is 0.0251. The van der Waals surface area contributed by atoms with E-state index in [0.29, 0.717) is 29.5 Å². The molecular weight excluding hydrogens is 613 g/mol. The molecule has 3 heterocycles. The summed E-state index contributed by atoms with van der Waals surface area (Å²) in [5, 5.41) is 20.2. The summed E-state index contributed by atoms with van der Waals surface area (Å²) in [6, 6.07) is 21.9. The van der Waals surface area contributed by atoms with Gasteiger partial charge >= 0.3 is 0 Å². The van der Waals surface area contributed by atoms with Crippen molar-refractivity contribution < 1.29 is 18.6 Å². The van der Waals surface area contributed by atoms with Gasteiger partial charge in [0, 0.05) is 12.1 Å². The molecule has 3 aromatic carbocycles. The largest absolute Gasteiger partial charge is 0.489 e. The minimum Gasteiger partial charge on any atom is -0.489 e. The van der Waals surface area contributed by atoms with Gasteiger partial charge in [-0.1, -0.05) is 65.3 Å². The van der Waals surface area contributed by atoms with E-state index in [-0.39, 0.29) is 34.5 Å². The maximum Gasteiger partial charge on any atom is 0.293 e. The fraction of sp³-hybridized carbons (Fsp3) is 0.250. The lowest BCUT2D eigenvalue weighted by Crippen LogP contribution is -2.35. The van der Waals surface area contributed by atoms with E-state index in [4.69, 9.17) is 26.7 Å². The van der Waals surface area contributed by atoms with E-state index in [1.807, 2.05) is 6.07 Å². The van der Waals surface area contributed by atoms with Gasteiger partial charge in [0.2, 0.25) is 11.6 Å². The number of carbonyl (C=O) groups is 1. The fourth-order valence-electron chi connectivity index (χ4n) is 5.36. The summed E-state index contributed by atoms with van der Waals surface area (Å²) < 4.78 is 26.0. The highest BCUT2D eigenvalue weighted by atomic mass is 35.5. The fourth-order valence-corrected chi connectivity index (χ4v) is 5.58. The van der Waals surface area contributed by atoms with E-state index in [1.54, 1.807) is 30.3 Å². The molecule has 12 nitrogen and oxygen atoms in total. The van der Waals surface area contributed by atoms with Gasteiger partial charge in [-0.2, -0.15) is 9.78 Å². The lowest BCUT2D eigenvalue weighted by atomic mass is 9.90. The zero-order valence-corrected chi connectivity index (χ0v) is 25.5. The van der Waals surface area contributed by atoms with E-state index in [9.17, 15) is 9.18 Å². The molecule has 1 fully saturated rings. The van der Waals surface area contributed by atoms with Gasteiger partial charge < -0.3 is 10.5 Å². The lowest BCUT2D eigenvalue weighted by Gasteiger charge is -2.32. The van der Waals surface area contributed by atoms with Crippen LogP contribution in [-0.2, 0) is 19.6 Å². The van der Waals surface area contributed by atoms with Crippen molar-refractivity contribution in [1.82, 2.24) is 35.6 Å². The number of anilines is 1. The Morgan fingerprint density at radius 2 is 1.91 bits per heavy atom. The number of hydrogen-bond acceptors (Lipinski definition) is 10. The Morgan fingerprint density at radius 3 is 2.67 bits per heavy atom. The number of nitrogens with zero attached hydrogens (tertiary/aromatic N) is 7. The van der Waals surface area contributed by atoms with Crippen molar-refractivity contribution in [1.29, 1.82) is 0 Å². The van der Waals surface area contributed by atoms with Crippen LogP contribution in [0.15, 0.2) is 82.5 Å². The molecule has 0 bridgehead atoms. The van der Waals surface area contributed by atoms with E-state index in [1.165, 1.54) is 28.6 Å². The molecule has 0 radical (unpaired) electrons.